The number of amides is 1. The van der Waals surface area contributed by atoms with Crippen LogP contribution in [0.2, 0.25) is 5.02 Å². The largest absolute Gasteiger partial charge is 0.352 e. The van der Waals surface area contributed by atoms with Gasteiger partial charge in [0.2, 0.25) is 15.9 Å². The SMILES string of the molecule is CN(C)S(=O)(=O)c1ccccc1CNC(=O)CCc1ccc(Cl)cc1. The van der Waals surface area contributed by atoms with Gasteiger partial charge in [-0.1, -0.05) is 41.9 Å². The van der Waals surface area contributed by atoms with Crippen molar-refractivity contribution in [1.29, 1.82) is 0 Å². The van der Waals surface area contributed by atoms with Crippen molar-refractivity contribution in [3.8, 4) is 0 Å². The highest BCUT2D eigenvalue weighted by atomic mass is 35.5. The molecule has 134 valence electrons. The number of sulfonamides is 1. The third kappa shape index (κ3) is 5.29. The van der Waals surface area contributed by atoms with E-state index in [1.165, 1.54) is 14.1 Å². The van der Waals surface area contributed by atoms with Crippen molar-refractivity contribution in [2.24, 2.45) is 0 Å². The zero-order valence-electron chi connectivity index (χ0n) is 14.2. The summed E-state index contributed by atoms with van der Waals surface area (Å²) in [5.41, 5.74) is 1.59. The first-order valence-corrected chi connectivity index (χ1v) is 9.64. The molecule has 0 saturated carbocycles. The molecule has 0 heterocycles. The monoisotopic (exact) mass is 380 g/mol. The standard InChI is InChI=1S/C18H21ClN2O3S/c1-21(2)25(23,24)17-6-4-3-5-15(17)13-20-18(22)12-9-14-7-10-16(19)11-8-14/h3-8,10-11H,9,12-13H2,1-2H3,(H,20,22). The minimum Gasteiger partial charge on any atom is -0.352 e. The number of halogens is 1. The van der Waals surface area contributed by atoms with E-state index in [2.05, 4.69) is 5.32 Å². The van der Waals surface area contributed by atoms with Crippen LogP contribution in [0, 0.1) is 0 Å². The van der Waals surface area contributed by atoms with Gasteiger partial charge in [-0.25, -0.2) is 12.7 Å². The molecule has 0 spiro atoms. The van der Waals surface area contributed by atoms with E-state index in [9.17, 15) is 13.2 Å². The van der Waals surface area contributed by atoms with E-state index in [0.29, 0.717) is 23.4 Å². The van der Waals surface area contributed by atoms with E-state index in [0.717, 1.165) is 9.87 Å². The predicted molar refractivity (Wildman–Crippen MR) is 98.9 cm³/mol. The fourth-order valence-electron chi connectivity index (χ4n) is 2.29. The molecule has 0 bridgehead atoms. The van der Waals surface area contributed by atoms with E-state index in [4.69, 9.17) is 11.6 Å². The Morgan fingerprint density at radius 2 is 1.72 bits per heavy atom. The van der Waals surface area contributed by atoms with Crippen molar-refractivity contribution in [1.82, 2.24) is 9.62 Å². The minimum atomic E-state index is -3.55. The van der Waals surface area contributed by atoms with Gasteiger partial charge in [-0.15, -0.1) is 0 Å². The summed E-state index contributed by atoms with van der Waals surface area (Å²) in [6, 6.07) is 14.0. The normalized spacial score (nSPS) is 11.5. The Morgan fingerprint density at radius 1 is 1.08 bits per heavy atom. The molecule has 0 atom stereocenters. The van der Waals surface area contributed by atoms with Gasteiger partial charge in [0, 0.05) is 32.1 Å². The number of carbonyl (C=O) groups is 1. The highest BCUT2D eigenvalue weighted by Gasteiger charge is 2.20. The maximum Gasteiger partial charge on any atom is 0.242 e. The second kappa shape index (κ2) is 8.47. The molecule has 1 amide bonds. The maximum atomic E-state index is 12.3. The highest BCUT2D eigenvalue weighted by molar-refractivity contribution is 7.89. The first kappa shape index (κ1) is 19.4. The summed E-state index contributed by atoms with van der Waals surface area (Å²) in [4.78, 5) is 12.3. The molecule has 0 aliphatic heterocycles. The van der Waals surface area contributed by atoms with Crippen molar-refractivity contribution in [3.63, 3.8) is 0 Å². The van der Waals surface area contributed by atoms with Crippen LogP contribution in [-0.4, -0.2) is 32.7 Å². The second-order valence-electron chi connectivity index (χ2n) is 5.80. The molecule has 25 heavy (non-hydrogen) atoms. The lowest BCUT2D eigenvalue weighted by molar-refractivity contribution is -0.121. The van der Waals surface area contributed by atoms with E-state index in [-0.39, 0.29) is 17.3 Å². The topological polar surface area (TPSA) is 66.5 Å². The average molecular weight is 381 g/mol. The number of hydrogen-bond donors (Lipinski definition) is 1. The number of carbonyl (C=O) groups excluding carboxylic acids is 1. The van der Waals surface area contributed by atoms with Crippen LogP contribution in [0.3, 0.4) is 0 Å². The lowest BCUT2D eigenvalue weighted by atomic mass is 10.1. The second-order valence-corrected chi connectivity index (χ2v) is 8.36. The average Bonchev–Trinajstić information content (AvgIpc) is 2.59. The van der Waals surface area contributed by atoms with Crippen LogP contribution >= 0.6 is 11.6 Å². The van der Waals surface area contributed by atoms with Crippen LogP contribution in [-0.2, 0) is 27.8 Å². The Hall–Kier alpha value is -1.89. The van der Waals surface area contributed by atoms with Gasteiger partial charge in [0.05, 0.1) is 4.90 Å². The zero-order valence-corrected chi connectivity index (χ0v) is 15.8. The first-order valence-electron chi connectivity index (χ1n) is 7.82. The van der Waals surface area contributed by atoms with Gasteiger partial charge >= 0.3 is 0 Å². The van der Waals surface area contributed by atoms with Crippen LogP contribution in [0.15, 0.2) is 53.4 Å². The molecular formula is C18H21ClN2O3S. The van der Waals surface area contributed by atoms with Gasteiger partial charge in [-0.05, 0) is 35.7 Å². The number of hydrogen-bond acceptors (Lipinski definition) is 3. The molecule has 0 aliphatic rings. The third-order valence-electron chi connectivity index (χ3n) is 3.76. The van der Waals surface area contributed by atoms with E-state index >= 15 is 0 Å². The predicted octanol–water partition coefficient (Wildman–Crippen LogP) is 2.84. The molecule has 0 aromatic heterocycles. The smallest absolute Gasteiger partial charge is 0.242 e. The van der Waals surface area contributed by atoms with Crippen molar-refractivity contribution in [2.45, 2.75) is 24.3 Å². The van der Waals surface area contributed by atoms with Crippen LogP contribution < -0.4 is 5.32 Å². The fraction of sp³-hybridized carbons (Fsp3) is 0.278. The van der Waals surface area contributed by atoms with Crippen LogP contribution in [0.1, 0.15) is 17.5 Å². The molecule has 0 radical (unpaired) electrons. The van der Waals surface area contributed by atoms with Crippen molar-refractivity contribution >= 4 is 27.5 Å². The Kier molecular flexibility index (Phi) is 6.58. The number of nitrogens with one attached hydrogen (secondary N) is 1. The summed E-state index contributed by atoms with van der Waals surface area (Å²) < 4.78 is 25.8. The van der Waals surface area contributed by atoms with Crippen molar-refractivity contribution in [2.75, 3.05) is 14.1 Å². The fourth-order valence-corrected chi connectivity index (χ4v) is 3.53. The summed E-state index contributed by atoms with van der Waals surface area (Å²) in [5.74, 6) is -0.132. The number of nitrogens with zero attached hydrogens (tertiary/aromatic N) is 1. The van der Waals surface area contributed by atoms with E-state index in [1.54, 1.807) is 36.4 Å². The molecule has 0 unspecified atom stereocenters. The van der Waals surface area contributed by atoms with Gasteiger partial charge in [0.1, 0.15) is 0 Å². The van der Waals surface area contributed by atoms with Gasteiger partial charge in [-0.3, -0.25) is 4.79 Å². The highest BCUT2D eigenvalue weighted by Crippen LogP contribution is 2.18. The molecular weight excluding hydrogens is 360 g/mol. The molecule has 2 aromatic carbocycles. The molecule has 0 aliphatic carbocycles. The Bertz CT molecular complexity index is 834. The summed E-state index contributed by atoms with van der Waals surface area (Å²) in [6.45, 7) is 0.169. The Balaban J connectivity index is 1.97. The van der Waals surface area contributed by atoms with E-state index in [1.807, 2.05) is 12.1 Å². The minimum absolute atomic E-state index is 0.132. The quantitative estimate of drug-likeness (QED) is 0.803. The Morgan fingerprint density at radius 3 is 2.36 bits per heavy atom. The summed E-state index contributed by atoms with van der Waals surface area (Å²) in [5, 5.41) is 3.44. The molecule has 5 nitrogen and oxygen atoms in total. The first-order chi connectivity index (χ1) is 11.8. The van der Waals surface area contributed by atoms with Gasteiger partial charge in [0.15, 0.2) is 0 Å². The van der Waals surface area contributed by atoms with Crippen molar-refractivity contribution < 1.29 is 13.2 Å². The third-order valence-corrected chi connectivity index (χ3v) is 5.93. The zero-order chi connectivity index (χ0) is 18.4. The number of aryl methyl sites for hydroxylation is 1. The Labute approximate surface area is 153 Å². The maximum absolute atomic E-state index is 12.3. The van der Waals surface area contributed by atoms with E-state index < -0.39 is 10.0 Å². The molecule has 0 saturated heterocycles. The summed E-state index contributed by atoms with van der Waals surface area (Å²) in [7, 11) is -0.579. The van der Waals surface area contributed by atoms with Gasteiger partial charge in [-0.2, -0.15) is 0 Å². The van der Waals surface area contributed by atoms with Crippen LogP contribution in [0.5, 0.6) is 0 Å². The lowest BCUT2D eigenvalue weighted by Gasteiger charge is -2.15. The van der Waals surface area contributed by atoms with Gasteiger partial charge < -0.3 is 5.32 Å². The molecule has 2 aromatic rings. The molecule has 2 rings (SSSR count). The summed E-state index contributed by atoms with van der Waals surface area (Å²) in [6.07, 6.45) is 0.922. The summed E-state index contributed by atoms with van der Waals surface area (Å²) >= 11 is 5.83. The van der Waals surface area contributed by atoms with Crippen LogP contribution in [0.25, 0.3) is 0 Å². The van der Waals surface area contributed by atoms with Gasteiger partial charge in [0.25, 0.3) is 0 Å². The van der Waals surface area contributed by atoms with Crippen LogP contribution in [0.4, 0.5) is 0 Å². The molecule has 0 fully saturated rings. The van der Waals surface area contributed by atoms with Crippen molar-refractivity contribution in [3.05, 3.63) is 64.7 Å². The molecule has 1 N–H and O–H groups in total. The molecule has 7 heteroatoms. The lowest BCUT2D eigenvalue weighted by Crippen LogP contribution is -2.27. The number of rotatable bonds is 7. The number of benzene rings is 2.